The molecule has 1 N–H and O–H groups in total. The minimum Gasteiger partial charge on any atom is -0.338 e. The molecule has 0 saturated carbocycles. The third kappa shape index (κ3) is 3.75. The fourth-order valence-electron chi connectivity index (χ4n) is 2.98. The number of nitrogens with zero attached hydrogens (tertiary/aromatic N) is 3. The normalized spacial score (nSPS) is 20.0. The maximum Gasteiger partial charge on any atom is 0.245 e. The highest BCUT2D eigenvalue weighted by atomic mass is 32.2. The molecule has 3 rings (SSSR count). The lowest BCUT2D eigenvalue weighted by atomic mass is 10.2. The smallest absolute Gasteiger partial charge is 0.245 e. The summed E-state index contributed by atoms with van der Waals surface area (Å²) in [5.74, 6) is 0.975. The number of rotatable bonds is 6. The van der Waals surface area contributed by atoms with E-state index in [0.29, 0.717) is 36.0 Å². The fourth-order valence-corrected chi connectivity index (χ4v) is 4.63. The van der Waals surface area contributed by atoms with Crippen molar-refractivity contribution in [2.24, 2.45) is 0 Å². The van der Waals surface area contributed by atoms with Crippen LogP contribution in [0.3, 0.4) is 0 Å². The molecule has 1 fully saturated rings. The molecule has 1 aliphatic heterocycles. The summed E-state index contributed by atoms with van der Waals surface area (Å²) >= 11 is 0. The van der Waals surface area contributed by atoms with Crippen molar-refractivity contribution in [3.63, 3.8) is 0 Å². The van der Waals surface area contributed by atoms with Crippen LogP contribution in [0, 0.1) is 6.92 Å². The summed E-state index contributed by atoms with van der Waals surface area (Å²) in [6.45, 7) is 4.42. The van der Waals surface area contributed by atoms with Gasteiger partial charge in [0.1, 0.15) is 6.04 Å². The van der Waals surface area contributed by atoms with Crippen LogP contribution < -0.4 is 5.32 Å². The fraction of sp³-hybridized carbons (Fsp3) is 0.529. The third-order valence-corrected chi connectivity index (χ3v) is 6.50. The summed E-state index contributed by atoms with van der Waals surface area (Å²) in [7, 11) is -1.70. The number of nitrogens with one attached hydrogen (secondary N) is 1. The molecule has 0 bridgehead atoms. The first kappa shape index (κ1) is 18.0. The number of likely N-dealkylation sites (N-methyl/N-ethyl adjacent to an activating group) is 1. The standard InChI is InChI=1S/C17H24N4O3S/c1-12-6-8-14(9-7-12)25(22,23)21-10-4-5-15(21)17-19-16(20-24-17)11-13(2)18-3/h6-9,13,15,18H,4-5,10-11H2,1-3H3. The lowest BCUT2D eigenvalue weighted by Crippen LogP contribution is -2.31. The van der Waals surface area contributed by atoms with Crippen LogP contribution in [0.4, 0.5) is 0 Å². The van der Waals surface area contributed by atoms with Crippen molar-refractivity contribution in [3.8, 4) is 0 Å². The molecule has 7 nitrogen and oxygen atoms in total. The molecule has 0 aliphatic carbocycles. The lowest BCUT2D eigenvalue weighted by molar-refractivity contribution is 0.289. The Labute approximate surface area is 148 Å². The van der Waals surface area contributed by atoms with E-state index in [0.717, 1.165) is 12.0 Å². The van der Waals surface area contributed by atoms with Gasteiger partial charge in [0.15, 0.2) is 5.82 Å². The summed E-state index contributed by atoms with van der Waals surface area (Å²) in [4.78, 5) is 4.73. The van der Waals surface area contributed by atoms with E-state index >= 15 is 0 Å². The Balaban J connectivity index is 1.84. The van der Waals surface area contributed by atoms with Gasteiger partial charge in [0.05, 0.1) is 4.90 Å². The molecule has 1 aromatic heterocycles. The molecule has 0 spiro atoms. The molecule has 0 amide bonds. The Morgan fingerprint density at radius 2 is 2.08 bits per heavy atom. The van der Waals surface area contributed by atoms with Crippen molar-refractivity contribution in [3.05, 3.63) is 41.5 Å². The van der Waals surface area contributed by atoms with Gasteiger partial charge in [-0.25, -0.2) is 8.42 Å². The van der Waals surface area contributed by atoms with Crippen LogP contribution in [0.1, 0.15) is 43.1 Å². The highest BCUT2D eigenvalue weighted by Gasteiger charge is 2.39. The zero-order valence-corrected chi connectivity index (χ0v) is 15.6. The van der Waals surface area contributed by atoms with Crippen LogP contribution in [-0.4, -0.2) is 42.5 Å². The van der Waals surface area contributed by atoms with Crippen molar-refractivity contribution in [1.82, 2.24) is 19.8 Å². The number of benzene rings is 1. The number of aryl methyl sites for hydroxylation is 1. The molecule has 0 radical (unpaired) electrons. The molecular formula is C17H24N4O3S. The predicted octanol–water partition coefficient (Wildman–Crippen LogP) is 2.05. The molecule has 2 atom stereocenters. The first-order chi connectivity index (χ1) is 11.9. The molecule has 2 aromatic rings. The lowest BCUT2D eigenvalue weighted by Gasteiger charge is -2.21. The summed E-state index contributed by atoms with van der Waals surface area (Å²) in [6.07, 6.45) is 2.10. The van der Waals surface area contributed by atoms with Crippen molar-refractivity contribution in [1.29, 1.82) is 0 Å². The second-order valence-corrected chi connectivity index (χ2v) is 8.42. The molecule has 1 aliphatic rings. The third-order valence-electron chi connectivity index (χ3n) is 4.58. The molecule has 2 unspecified atom stereocenters. The van der Waals surface area contributed by atoms with Gasteiger partial charge in [-0.3, -0.25) is 0 Å². The summed E-state index contributed by atoms with van der Waals surface area (Å²) < 4.78 is 32.8. The van der Waals surface area contributed by atoms with E-state index in [9.17, 15) is 8.42 Å². The first-order valence-corrected chi connectivity index (χ1v) is 9.94. The summed E-state index contributed by atoms with van der Waals surface area (Å²) in [5.41, 5.74) is 1.03. The zero-order valence-electron chi connectivity index (χ0n) is 14.8. The van der Waals surface area contributed by atoms with E-state index in [1.165, 1.54) is 4.31 Å². The van der Waals surface area contributed by atoms with E-state index < -0.39 is 16.1 Å². The number of sulfonamides is 1. The maximum atomic E-state index is 13.0. The monoisotopic (exact) mass is 364 g/mol. The minimum atomic E-state index is -3.58. The van der Waals surface area contributed by atoms with Gasteiger partial charge in [0, 0.05) is 19.0 Å². The van der Waals surface area contributed by atoms with Gasteiger partial charge in [-0.15, -0.1) is 0 Å². The molecule has 1 aromatic carbocycles. The van der Waals surface area contributed by atoms with Gasteiger partial charge >= 0.3 is 0 Å². The average molecular weight is 364 g/mol. The minimum absolute atomic E-state index is 0.224. The summed E-state index contributed by atoms with van der Waals surface area (Å²) in [5, 5.41) is 7.13. The Kier molecular flexibility index (Phi) is 5.21. The first-order valence-electron chi connectivity index (χ1n) is 8.50. The SMILES string of the molecule is CNC(C)Cc1noc(C2CCCN2S(=O)(=O)c2ccc(C)cc2)n1. The van der Waals surface area contributed by atoms with Gasteiger partial charge in [-0.2, -0.15) is 9.29 Å². The molecular weight excluding hydrogens is 340 g/mol. The number of aromatic nitrogens is 2. The van der Waals surface area contributed by atoms with Gasteiger partial charge in [-0.05, 0) is 45.9 Å². The Bertz CT molecular complexity index is 817. The van der Waals surface area contributed by atoms with Gasteiger partial charge in [0.25, 0.3) is 0 Å². The van der Waals surface area contributed by atoms with Crippen LogP contribution >= 0.6 is 0 Å². The highest BCUT2D eigenvalue weighted by molar-refractivity contribution is 7.89. The van der Waals surface area contributed by atoms with Crippen molar-refractivity contribution < 1.29 is 12.9 Å². The maximum absolute atomic E-state index is 13.0. The average Bonchev–Trinajstić information content (AvgIpc) is 3.24. The van der Waals surface area contributed by atoms with Gasteiger partial charge in [0.2, 0.25) is 15.9 Å². The van der Waals surface area contributed by atoms with E-state index in [2.05, 4.69) is 15.5 Å². The topological polar surface area (TPSA) is 88.3 Å². The van der Waals surface area contributed by atoms with E-state index in [1.54, 1.807) is 12.1 Å². The highest BCUT2D eigenvalue weighted by Crippen LogP contribution is 2.35. The molecule has 8 heteroatoms. The molecule has 2 heterocycles. The Morgan fingerprint density at radius 1 is 1.36 bits per heavy atom. The van der Waals surface area contributed by atoms with Crippen LogP contribution in [0.2, 0.25) is 0 Å². The van der Waals surface area contributed by atoms with E-state index in [1.807, 2.05) is 33.0 Å². The number of hydrogen-bond acceptors (Lipinski definition) is 6. The quantitative estimate of drug-likeness (QED) is 0.844. The zero-order chi connectivity index (χ0) is 18.0. The van der Waals surface area contributed by atoms with Gasteiger partial charge in [-0.1, -0.05) is 22.9 Å². The second kappa shape index (κ2) is 7.23. The van der Waals surface area contributed by atoms with Crippen molar-refractivity contribution in [2.75, 3.05) is 13.6 Å². The van der Waals surface area contributed by atoms with Crippen LogP contribution in [0.25, 0.3) is 0 Å². The van der Waals surface area contributed by atoms with Crippen LogP contribution in [0.15, 0.2) is 33.7 Å². The van der Waals surface area contributed by atoms with E-state index in [4.69, 9.17) is 4.52 Å². The van der Waals surface area contributed by atoms with Crippen molar-refractivity contribution >= 4 is 10.0 Å². The van der Waals surface area contributed by atoms with Gasteiger partial charge < -0.3 is 9.84 Å². The molecule has 136 valence electrons. The summed E-state index contributed by atoms with van der Waals surface area (Å²) in [6, 6.07) is 6.74. The molecule has 25 heavy (non-hydrogen) atoms. The Morgan fingerprint density at radius 3 is 2.76 bits per heavy atom. The number of hydrogen-bond donors (Lipinski definition) is 1. The van der Waals surface area contributed by atoms with E-state index in [-0.39, 0.29) is 6.04 Å². The largest absolute Gasteiger partial charge is 0.338 e. The van der Waals surface area contributed by atoms with Crippen LogP contribution in [0.5, 0.6) is 0 Å². The van der Waals surface area contributed by atoms with Crippen molar-refractivity contribution in [2.45, 2.75) is 50.1 Å². The second-order valence-electron chi connectivity index (χ2n) is 6.53. The predicted molar refractivity (Wildman–Crippen MR) is 93.6 cm³/mol. The molecule has 1 saturated heterocycles. The van der Waals surface area contributed by atoms with Crippen LogP contribution in [-0.2, 0) is 16.4 Å². The Hall–Kier alpha value is -1.77.